The van der Waals surface area contributed by atoms with Gasteiger partial charge in [0.25, 0.3) is 0 Å². The highest BCUT2D eigenvalue weighted by Crippen LogP contribution is 2.45. The Morgan fingerprint density at radius 2 is 0.972 bits per heavy atom. The fourth-order valence-electron chi connectivity index (χ4n) is 7.41. The largest absolute Gasteiger partial charge is 0.381 e. The molecule has 200 valence electrons. The molecule has 0 spiro atoms. The molecule has 3 aliphatic rings. The third-order valence-electron chi connectivity index (χ3n) is 10.1. The van der Waals surface area contributed by atoms with E-state index >= 15 is 0 Å². The quantitative estimate of drug-likeness (QED) is 0.298. The molecule has 3 saturated heterocycles. The summed E-state index contributed by atoms with van der Waals surface area (Å²) < 4.78 is 30.9. The Morgan fingerprint density at radius 3 is 1.39 bits per heavy atom. The maximum atomic E-state index is 6.34. The van der Waals surface area contributed by atoms with E-state index in [0.717, 1.165) is 25.7 Å². The molecule has 3 unspecified atom stereocenters. The van der Waals surface area contributed by atoms with Crippen LogP contribution in [0.4, 0.5) is 0 Å². The summed E-state index contributed by atoms with van der Waals surface area (Å²) in [6.45, 7) is 19.7. The average molecular weight is 498 g/mol. The van der Waals surface area contributed by atoms with E-state index in [0.29, 0.717) is 50.1 Å². The predicted molar refractivity (Wildman–Crippen MR) is 147 cm³/mol. The Hall–Kier alpha value is -0.00519. The van der Waals surface area contributed by atoms with Gasteiger partial charge in [-0.05, 0) is 75.5 Å². The van der Waals surface area contributed by atoms with Gasteiger partial charge < -0.3 is 23.7 Å². The first-order chi connectivity index (χ1) is 16.8. The molecule has 0 saturated carbocycles. The Labute approximate surface area is 225 Å². The van der Waals surface area contributed by atoms with E-state index in [1.165, 1.54) is 0 Å². The van der Waals surface area contributed by atoms with Crippen LogP contribution in [0.2, 0.25) is 0 Å². The van der Waals surface area contributed by atoms with E-state index in [1.54, 1.807) is 0 Å². The first-order valence-corrected chi connectivity index (χ1v) is 14.3. The van der Waals surface area contributed by atoms with Crippen LogP contribution in [0.5, 0.6) is 0 Å². The zero-order chi connectivity index (χ0) is 26.9. The van der Waals surface area contributed by atoms with Gasteiger partial charge in [-0.25, -0.2) is 0 Å². The molecule has 3 aliphatic heterocycles. The molecule has 0 aliphatic carbocycles. The zero-order valence-electron chi connectivity index (χ0n) is 24.1. The maximum absolute atomic E-state index is 6.34. The van der Waals surface area contributed by atoms with Gasteiger partial charge in [-0.3, -0.25) is 0 Å². The van der Waals surface area contributed by atoms with Gasteiger partial charge in [0.1, 0.15) is 23.5 Å². The highest BCUT2D eigenvalue weighted by molar-refractivity contribution is 6.12. The summed E-state index contributed by atoms with van der Waals surface area (Å²) in [4.78, 5) is 0. The van der Waals surface area contributed by atoms with Gasteiger partial charge in [-0.2, -0.15) is 0 Å². The zero-order valence-corrected chi connectivity index (χ0v) is 24.1. The highest BCUT2D eigenvalue weighted by atomic mass is 16.6. The molecule has 8 heteroatoms. The third kappa shape index (κ3) is 6.08. The summed E-state index contributed by atoms with van der Waals surface area (Å²) in [6.07, 6.45) is 3.75. The molecule has 0 aromatic rings. The molecule has 0 amide bonds. The molecule has 3 heterocycles. The monoisotopic (exact) mass is 498 g/mol. The summed E-state index contributed by atoms with van der Waals surface area (Å²) in [7, 11) is 18.7. The van der Waals surface area contributed by atoms with Gasteiger partial charge in [-0.15, -0.1) is 0 Å². The van der Waals surface area contributed by atoms with Gasteiger partial charge in [0.15, 0.2) is 0 Å². The molecule has 6 radical (unpaired) electrons. The number of hydrogen-bond acceptors (Lipinski definition) is 5. The molecule has 36 heavy (non-hydrogen) atoms. The molecule has 0 aromatic carbocycles. The summed E-state index contributed by atoms with van der Waals surface area (Å²) in [5.41, 5.74) is -0.975. The Bertz CT molecular complexity index is 715. The van der Waals surface area contributed by atoms with E-state index in [9.17, 15) is 0 Å². The van der Waals surface area contributed by atoms with E-state index in [-0.39, 0.29) is 41.0 Å². The normalized spacial score (nSPS) is 49.2. The fourth-order valence-corrected chi connectivity index (χ4v) is 7.41. The average Bonchev–Trinajstić information content (AvgIpc) is 3.27. The van der Waals surface area contributed by atoms with Crippen molar-refractivity contribution in [2.75, 3.05) is 26.4 Å². The van der Waals surface area contributed by atoms with Crippen LogP contribution < -0.4 is 0 Å². The molecule has 0 aromatic heterocycles. The van der Waals surface area contributed by atoms with Gasteiger partial charge in [0, 0.05) is 31.2 Å². The molecular weight excluding hydrogens is 449 g/mol. The molecular formula is C28H49B3O5. The lowest BCUT2D eigenvalue weighted by Crippen LogP contribution is -2.41. The lowest BCUT2D eigenvalue weighted by Gasteiger charge is -2.34. The van der Waals surface area contributed by atoms with Crippen LogP contribution in [0.25, 0.3) is 0 Å². The van der Waals surface area contributed by atoms with Crippen molar-refractivity contribution >= 4 is 23.5 Å². The van der Waals surface area contributed by atoms with Crippen LogP contribution in [0.3, 0.4) is 0 Å². The number of ether oxygens (including phenoxy) is 5. The lowest BCUT2D eigenvalue weighted by molar-refractivity contribution is -0.0982. The van der Waals surface area contributed by atoms with Crippen LogP contribution in [-0.2, 0) is 23.7 Å². The van der Waals surface area contributed by atoms with Crippen molar-refractivity contribution in [3.63, 3.8) is 0 Å². The summed E-state index contributed by atoms with van der Waals surface area (Å²) in [5, 5.41) is 0. The van der Waals surface area contributed by atoms with Crippen LogP contribution in [-0.4, -0.2) is 84.8 Å². The van der Waals surface area contributed by atoms with Crippen molar-refractivity contribution in [3.05, 3.63) is 0 Å². The van der Waals surface area contributed by atoms with Gasteiger partial charge in [-0.1, -0.05) is 41.0 Å². The summed E-state index contributed by atoms with van der Waals surface area (Å²) in [6, 6.07) is -0.732. The van der Waals surface area contributed by atoms with E-state index in [4.69, 9.17) is 47.2 Å². The predicted octanol–water partition coefficient (Wildman–Crippen LogP) is 4.23. The van der Waals surface area contributed by atoms with E-state index < -0.39 is 5.60 Å². The lowest BCUT2D eigenvalue weighted by atomic mass is 9.74. The second kappa shape index (κ2) is 12.0. The maximum Gasteiger partial charge on any atom is 0.109 e. The van der Waals surface area contributed by atoms with Gasteiger partial charge in [0.05, 0.1) is 30.0 Å². The van der Waals surface area contributed by atoms with Crippen molar-refractivity contribution < 1.29 is 23.7 Å². The molecule has 0 bridgehead atoms. The smallest absolute Gasteiger partial charge is 0.109 e. The van der Waals surface area contributed by atoms with E-state index in [2.05, 4.69) is 55.4 Å². The second-order valence-corrected chi connectivity index (χ2v) is 12.5. The Kier molecular flexibility index (Phi) is 10.2. The minimum absolute atomic E-state index is 0.190. The van der Waals surface area contributed by atoms with E-state index in [1.807, 2.05) is 0 Å². The minimum atomic E-state index is -0.443. The highest BCUT2D eigenvalue weighted by Gasteiger charge is 2.50. The Morgan fingerprint density at radius 1 is 0.611 bits per heavy atom. The fraction of sp³-hybridized carbons (Fsp3) is 1.00. The topological polar surface area (TPSA) is 46.2 Å². The van der Waals surface area contributed by atoms with Crippen molar-refractivity contribution in [2.45, 2.75) is 116 Å². The standard InChI is InChI=1S/C28H49B3O5/c1-9-20-17(3)23(29)35-27(20,7)15-32-14-12-22-19(5)25(31)36-28(22,8)16-33-13-11-21-18(4)24(30)34-26(21,6)10-2/h17-25H,9-16H2,1-8H3/t17?,18?,19?,20-,21-,22-,23-,24-,25-,26-,27-,28-/m1/s1. The van der Waals surface area contributed by atoms with Gasteiger partial charge >= 0.3 is 0 Å². The van der Waals surface area contributed by atoms with Crippen molar-refractivity contribution in [2.24, 2.45) is 35.5 Å². The minimum Gasteiger partial charge on any atom is -0.381 e. The van der Waals surface area contributed by atoms with Crippen LogP contribution in [0, 0.1) is 35.5 Å². The molecule has 5 nitrogen and oxygen atoms in total. The second-order valence-electron chi connectivity index (χ2n) is 12.5. The molecule has 3 fully saturated rings. The molecule has 12 atom stereocenters. The van der Waals surface area contributed by atoms with Crippen LogP contribution in [0.1, 0.15) is 81.1 Å². The third-order valence-corrected chi connectivity index (χ3v) is 10.1. The first kappa shape index (κ1) is 30.5. The van der Waals surface area contributed by atoms with Crippen LogP contribution in [0.15, 0.2) is 0 Å². The number of hydrogen-bond donors (Lipinski definition) is 0. The van der Waals surface area contributed by atoms with Crippen molar-refractivity contribution in [3.8, 4) is 0 Å². The summed E-state index contributed by atoms with van der Waals surface area (Å²) in [5.74, 6) is 1.88. The molecule has 0 N–H and O–H groups in total. The SMILES string of the molecule is [B][C@@H]1O[C@](C)(CC)[C@H](CCOC[C@@]2(C)O[C@@H]([B])C(C)[C@H]2CCOC[C@@]2(C)O[C@@H]([B])C(C)[C@H]2CC)C1C. The Balaban J connectivity index is 1.49. The van der Waals surface area contributed by atoms with Crippen molar-refractivity contribution in [1.29, 1.82) is 0 Å². The first-order valence-electron chi connectivity index (χ1n) is 14.3. The van der Waals surface area contributed by atoms with Crippen LogP contribution >= 0.6 is 0 Å². The summed E-state index contributed by atoms with van der Waals surface area (Å²) >= 11 is 0. The molecule has 3 rings (SSSR count). The van der Waals surface area contributed by atoms with Gasteiger partial charge in [0.2, 0.25) is 0 Å². The number of rotatable bonds is 12. The van der Waals surface area contributed by atoms with Crippen molar-refractivity contribution in [1.82, 2.24) is 0 Å².